The highest BCUT2D eigenvalue weighted by Crippen LogP contribution is 2.39. The van der Waals surface area contributed by atoms with Crippen molar-refractivity contribution in [2.75, 3.05) is 0 Å². The van der Waals surface area contributed by atoms with Crippen molar-refractivity contribution in [1.29, 1.82) is 0 Å². The smallest absolute Gasteiger partial charge is 0.359 e. The van der Waals surface area contributed by atoms with Crippen LogP contribution < -0.4 is 21.9 Å². The Morgan fingerprint density at radius 3 is 2.10 bits per heavy atom. The maximum Gasteiger partial charge on any atom is 0.395 e. The van der Waals surface area contributed by atoms with Gasteiger partial charge in [0.05, 0.1) is 24.0 Å². The van der Waals surface area contributed by atoms with Gasteiger partial charge in [-0.1, -0.05) is 26.2 Å². The van der Waals surface area contributed by atoms with Crippen LogP contribution in [0.25, 0.3) is 0 Å². The fourth-order valence-corrected chi connectivity index (χ4v) is 4.48. The Labute approximate surface area is 171 Å². The van der Waals surface area contributed by atoms with Crippen molar-refractivity contribution in [2.24, 2.45) is 17.6 Å². The van der Waals surface area contributed by atoms with E-state index in [9.17, 15) is 26.3 Å². The molecule has 4 bridgehead atoms. The number of nitrogens with two attached hydrogens (primary N) is 1. The molecule has 3 saturated heterocycles. The third kappa shape index (κ3) is 5.57. The average molecular weight is 448 g/mol. The second kappa shape index (κ2) is 9.45. The van der Waals surface area contributed by atoms with Gasteiger partial charge in [-0.3, -0.25) is 5.32 Å². The number of nitrogens with one attached hydrogen (secondary N) is 3. The minimum absolute atomic E-state index is 0.101. The first-order valence-electron chi connectivity index (χ1n) is 10.5. The van der Waals surface area contributed by atoms with E-state index < -0.39 is 67.5 Å². The van der Waals surface area contributed by atoms with Crippen molar-refractivity contribution in [3.63, 3.8) is 0 Å². The molecule has 0 aromatic heterocycles. The number of fused-ring (bicyclic) bond motifs is 5. The summed E-state index contributed by atoms with van der Waals surface area (Å²) in [5.74, 6) is -3.53. The molecule has 6 nitrogen and oxygen atoms in total. The summed E-state index contributed by atoms with van der Waals surface area (Å²) < 4.78 is 92.9. The highest BCUT2D eigenvalue weighted by Gasteiger charge is 2.54. The molecule has 0 aromatic carbocycles. The van der Waals surface area contributed by atoms with Crippen molar-refractivity contribution >= 4 is 0 Å². The van der Waals surface area contributed by atoms with Crippen LogP contribution in [0.4, 0.5) is 26.3 Å². The largest absolute Gasteiger partial charge is 0.395 e. The third-order valence-corrected chi connectivity index (χ3v) is 6.24. The molecule has 3 heterocycles. The maximum absolute atomic E-state index is 13.6. The number of piperidine rings is 1. The summed E-state index contributed by atoms with van der Waals surface area (Å²) in [6, 6.07) is -1.83. The summed E-state index contributed by atoms with van der Waals surface area (Å²) in [7, 11) is 0. The number of halogens is 6. The van der Waals surface area contributed by atoms with E-state index in [1.165, 1.54) is 0 Å². The normalized spacial score (nSPS) is 42.0. The summed E-state index contributed by atoms with van der Waals surface area (Å²) in [5, 5.41) is 2.78. The van der Waals surface area contributed by atoms with E-state index in [0.29, 0.717) is 32.1 Å². The molecule has 5 N–H and O–H groups in total. The zero-order valence-electron chi connectivity index (χ0n) is 16.7. The van der Waals surface area contributed by atoms with Crippen molar-refractivity contribution in [2.45, 2.75) is 101 Å². The highest BCUT2D eigenvalue weighted by molar-refractivity contribution is 4.98. The minimum Gasteiger partial charge on any atom is -0.359 e. The van der Waals surface area contributed by atoms with E-state index in [1.807, 2.05) is 6.92 Å². The zero-order valence-corrected chi connectivity index (χ0v) is 16.7. The van der Waals surface area contributed by atoms with E-state index in [1.54, 1.807) is 0 Å². The molecule has 0 aromatic rings. The summed E-state index contributed by atoms with van der Waals surface area (Å²) in [5.41, 5.74) is 11.2. The molecular formula is C18H30F6N4O2. The molecule has 0 amide bonds. The maximum atomic E-state index is 13.6. The van der Waals surface area contributed by atoms with Gasteiger partial charge in [-0.05, 0) is 25.7 Å². The lowest BCUT2D eigenvalue weighted by atomic mass is 9.87. The van der Waals surface area contributed by atoms with Gasteiger partial charge < -0.3 is 15.2 Å². The van der Waals surface area contributed by atoms with Crippen LogP contribution in [0.5, 0.6) is 0 Å². The molecule has 3 rings (SSSR count). The lowest BCUT2D eigenvalue weighted by Crippen LogP contribution is -2.67. The van der Waals surface area contributed by atoms with E-state index in [2.05, 4.69) is 16.2 Å². The molecule has 176 valence electrons. The topological polar surface area (TPSA) is 80.6 Å². The van der Waals surface area contributed by atoms with E-state index in [-0.39, 0.29) is 6.42 Å². The Morgan fingerprint density at radius 1 is 0.833 bits per heavy atom. The number of hydrogen-bond acceptors (Lipinski definition) is 6. The van der Waals surface area contributed by atoms with E-state index in [4.69, 9.17) is 15.2 Å². The molecule has 3 aliphatic rings. The lowest BCUT2D eigenvalue weighted by molar-refractivity contribution is -0.239. The quantitative estimate of drug-likeness (QED) is 0.462. The Hall–Kier alpha value is -0.660. The molecule has 8 atom stereocenters. The monoisotopic (exact) mass is 448 g/mol. The van der Waals surface area contributed by atoms with Crippen LogP contribution in [0.15, 0.2) is 0 Å². The van der Waals surface area contributed by atoms with Gasteiger partial charge in [0.15, 0.2) is 0 Å². The van der Waals surface area contributed by atoms with Crippen LogP contribution in [-0.4, -0.2) is 49.2 Å². The van der Waals surface area contributed by atoms with Gasteiger partial charge in [-0.2, -0.15) is 26.3 Å². The molecule has 0 saturated carbocycles. The second-order valence-corrected chi connectivity index (χ2v) is 8.38. The van der Waals surface area contributed by atoms with Crippen molar-refractivity contribution in [3.05, 3.63) is 0 Å². The number of ether oxygens (including phenoxy) is 2. The summed E-state index contributed by atoms with van der Waals surface area (Å²) in [6.45, 7) is 1.82. The molecular weight excluding hydrogens is 418 g/mol. The molecule has 0 aliphatic carbocycles. The Morgan fingerprint density at radius 2 is 1.47 bits per heavy atom. The molecule has 0 radical (unpaired) electrons. The van der Waals surface area contributed by atoms with E-state index in [0.717, 1.165) is 0 Å². The fraction of sp³-hybridized carbons (Fsp3) is 1.00. The summed E-state index contributed by atoms with van der Waals surface area (Å²) in [4.78, 5) is 0. The van der Waals surface area contributed by atoms with Crippen LogP contribution in [0.2, 0.25) is 0 Å². The average Bonchev–Trinajstić information content (AvgIpc) is 3.11. The number of rotatable bonds is 1. The first kappa shape index (κ1) is 24.0. The first-order chi connectivity index (χ1) is 14.0. The van der Waals surface area contributed by atoms with Crippen LogP contribution in [0.3, 0.4) is 0 Å². The number of hydrazine groups is 1. The van der Waals surface area contributed by atoms with Gasteiger partial charge in [-0.15, -0.1) is 0 Å². The third-order valence-electron chi connectivity index (χ3n) is 6.24. The van der Waals surface area contributed by atoms with Crippen molar-refractivity contribution in [1.82, 2.24) is 16.2 Å². The van der Waals surface area contributed by atoms with Gasteiger partial charge in [0.2, 0.25) is 0 Å². The Kier molecular flexibility index (Phi) is 7.56. The van der Waals surface area contributed by atoms with Gasteiger partial charge in [-0.25, -0.2) is 10.9 Å². The molecule has 12 heteroatoms. The Balaban J connectivity index is 1.84. The standard InChI is InChI=1S/C18H30F6N4O2/c1-2-9-6-4-3-5-7-10(17(19,20)21)15-27-28-16(30-15)13-12(25)8-11(18(22,23)24)14(26-13)29-9/h9-16,26-28H,2-8,25H2,1H3/t9?,10-,11?,12?,13?,14?,15?,16?/m1/s1. The van der Waals surface area contributed by atoms with Gasteiger partial charge in [0, 0.05) is 6.04 Å². The van der Waals surface area contributed by atoms with Crippen LogP contribution in [-0.2, 0) is 9.47 Å². The SMILES string of the molecule is CCC1CCCCC[C@@H](C(F)(F)F)C2NNC(O2)C2NC(O1)C(C(F)(F)F)CC2N. The van der Waals surface area contributed by atoms with Gasteiger partial charge in [0.1, 0.15) is 18.7 Å². The molecule has 7 unspecified atom stereocenters. The molecule has 0 spiro atoms. The second-order valence-electron chi connectivity index (χ2n) is 8.38. The predicted octanol–water partition coefficient (Wildman–Crippen LogP) is 2.89. The summed E-state index contributed by atoms with van der Waals surface area (Å²) in [6.07, 6.45) is -11.2. The minimum atomic E-state index is -4.52. The lowest BCUT2D eigenvalue weighted by Gasteiger charge is -2.44. The molecule has 3 aliphatic heterocycles. The van der Waals surface area contributed by atoms with E-state index >= 15 is 0 Å². The van der Waals surface area contributed by atoms with Crippen molar-refractivity contribution in [3.8, 4) is 0 Å². The Bertz CT molecular complexity index is 564. The molecule has 30 heavy (non-hydrogen) atoms. The fourth-order valence-electron chi connectivity index (χ4n) is 4.48. The zero-order chi connectivity index (χ0) is 22.1. The predicted molar refractivity (Wildman–Crippen MR) is 95.6 cm³/mol. The van der Waals surface area contributed by atoms with Gasteiger partial charge >= 0.3 is 12.4 Å². The first-order valence-corrected chi connectivity index (χ1v) is 10.5. The number of alkyl halides is 6. The highest BCUT2D eigenvalue weighted by atomic mass is 19.4. The number of hydrogen-bond donors (Lipinski definition) is 4. The van der Waals surface area contributed by atoms with Crippen LogP contribution in [0, 0.1) is 11.8 Å². The molecule has 3 fully saturated rings. The van der Waals surface area contributed by atoms with Crippen LogP contribution in [0.1, 0.15) is 51.9 Å². The van der Waals surface area contributed by atoms with Crippen molar-refractivity contribution < 1.29 is 35.8 Å². The van der Waals surface area contributed by atoms with Crippen LogP contribution >= 0.6 is 0 Å². The van der Waals surface area contributed by atoms with Gasteiger partial charge in [0.25, 0.3) is 0 Å². The summed E-state index contributed by atoms with van der Waals surface area (Å²) >= 11 is 0.